The van der Waals surface area contributed by atoms with E-state index in [2.05, 4.69) is 48.0 Å². The highest BCUT2D eigenvalue weighted by molar-refractivity contribution is 5.96. The van der Waals surface area contributed by atoms with Gasteiger partial charge in [0.2, 0.25) is 5.91 Å². The van der Waals surface area contributed by atoms with Gasteiger partial charge >= 0.3 is 0 Å². The molecule has 2 heterocycles. The summed E-state index contributed by atoms with van der Waals surface area (Å²) in [5.41, 5.74) is 6.57. The number of carbonyl (C=O) groups is 1. The van der Waals surface area contributed by atoms with E-state index in [4.69, 9.17) is 9.57 Å². The van der Waals surface area contributed by atoms with Crippen LogP contribution in [0.15, 0.2) is 121 Å². The summed E-state index contributed by atoms with van der Waals surface area (Å²) in [5, 5.41) is 0. The summed E-state index contributed by atoms with van der Waals surface area (Å²) < 4.78 is 5.39. The second-order valence-electron chi connectivity index (χ2n) is 10.2. The van der Waals surface area contributed by atoms with Gasteiger partial charge in [-0.15, -0.1) is 0 Å². The van der Waals surface area contributed by atoms with E-state index in [0.29, 0.717) is 25.9 Å². The Labute approximate surface area is 229 Å². The first-order valence-corrected chi connectivity index (χ1v) is 13.4. The molecule has 6 rings (SSSR count). The summed E-state index contributed by atoms with van der Waals surface area (Å²) in [6, 6.07) is 38.4. The van der Waals surface area contributed by atoms with Gasteiger partial charge in [0.05, 0.1) is 12.8 Å². The number of carbonyl (C=O) groups excluding carboxylic acids is 1. The lowest BCUT2D eigenvalue weighted by Crippen LogP contribution is -2.54. The molecule has 0 aliphatic carbocycles. The minimum Gasteiger partial charge on any atom is -0.497 e. The van der Waals surface area contributed by atoms with Crippen molar-refractivity contribution in [1.29, 1.82) is 0 Å². The van der Waals surface area contributed by atoms with E-state index < -0.39 is 11.0 Å². The Morgan fingerprint density at radius 2 is 1.33 bits per heavy atom. The number of nitrogens with one attached hydrogen (secondary N) is 1. The van der Waals surface area contributed by atoms with E-state index in [0.717, 1.165) is 33.7 Å². The van der Waals surface area contributed by atoms with Crippen LogP contribution in [0.4, 0.5) is 0 Å². The number of hydrogen-bond donors (Lipinski definition) is 1. The summed E-state index contributed by atoms with van der Waals surface area (Å²) in [6.45, 7) is 1.19. The van der Waals surface area contributed by atoms with E-state index in [-0.39, 0.29) is 5.91 Å². The van der Waals surface area contributed by atoms with E-state index in [1.807, 2.05) is 83.8 Å². The van der Waals surface area contributed by atoms with Crippen molar-refractivity contribution in [3.05, 3.63) is 144 Å². The van der Waals surface area contributed by atoms with Gasteiger partial charge in [0.25, 0.3) is 0 Å². The van der Waals surface area contributed by atoms with Crippen molar-refractivity contribution in [3.8, 4) is 5.75 Å². The van der Waals surface area contributed by atoms with Gasteiger partial charge in [-0.05, 0) is 34.9 Å². The average Bonchev–Trinajstić information content (AvgIpc) is 3.43. The molecule has 2 aliphatic heterocycles. The second kappa shape index (κ2) is 10.4. The lowest BCUT2D eigenvalue weighted by molar-refractivity contribution is -0.140. The van der Waals surface area contributed by atoms with E-state index in [1.54, 1.807) is 7.11 Å². The number of methoxy groups -OCH3 is 1. The van der Waals surface area contributed by atoms with Crippen LogP contribution in [0.1, 0.15) is 35.1 Å². The van der Waals surface area contributed by atoms with Crippen molar-refractivity contribution in [2.45, 2.75) is 23.9 Å². The van der Waals surface area contributed by atoms with Crippen LogP contribution in [-0.4, -0.2) is 36.6 Å². The molecule has 0 unspecified atom stereocenters. The molecule has 1 spiro atoms. The second-order valence-corrected chi connectivity index (χ2v) is 10.2. The van der Waals surface area contributed by atoms with E-state index >= 15 is 0 Å². The Balaban J connectivity index is 1.34. The smallest absolute Gasteiger partial charge is 0.242 e. The van der Waals surface area contributed by atoms with Crippen LogP contribution in [-0.2, 0) is 15.0 Å². The number of nitrogens with zero attached hydrogens (tertiary/aromatic N) is 1. The van der Waals surface area contributed by atoms with Crippen molar-refractivity contribution < 1.29 is 14.4 Å². The quantitative estimate of drug-likeness (QED) is 0.321. The third-order valence-electron chi connectivity index (χ3n) is 7.99. The molecule has 0 aromatic heterocycles. The number of hydrogen-bond acceptors (Lipinski definition) is 4. The zero-order chi connectivity index (χ0) is 26.7. The van der Waals surface area contributed by atoms with Crippen LogP contribution >= 0.6 is 0 Å². The normalized spacial score (nSPS) is 16.4. The number of hydroxylamine groups is 1. The van der Waals surface area contributed by atoms with Crippen LogP contribution in [0.5, 0.6) is 5.75 Å². The molecular formula is C34H32N2O3. The molecule has 1 fully saturated rings. The molecule has 196 valence electrons. The highest BCUT2D eigenvalue weighted by Gasteiger charge is 2.48. The highest BCUT2D eigenvalue weighted by atomic mass is 16.7. The topological polar surface area (TPSA) is 50.8 Å². The van der Waals surface area contributed by atoms with Crippen LogP contribution in [0.2, 0.25) is 0 Å². The van der Waals surface area contributed by atoms with E-state index in [9.17, 15) is 4.79 Å². The van der Waals surface area contributed by atoms with Gasteiger partial charge in [-0.2, -0.15) is 0 Å². The van der Waals surface area contributed by atoms with Gasteiger partial charge in [0.1, 0.15) is 16.8 Å². The molecule has 1 N–H and O–H groups in total. The Morgan fingerprint density at radius 3 is 1.85 bits per heavy atom. The first-order chi connectivity index (χ1) is 19.1. The number of ether oxygens (including phenoxy) is 1. The Morgan fingerprint density at radius 1 is 0.795 bits per heavy atom. The molecule has 0 saturated carbocycles. The lowest BCUT2D eigenvalue weighted by atomic mass is 9.68. The molecule has 39 heavy (non-hydrogen) atoms. The van der Waals surface area contributed by atoms with Crippen LogP contribution in [0, 0.1) is 0 Å². The molecule has 4 aromatic rings. The van der Waals surface area contributed by atoms with Gasteiger partial charge in [-0.25, -0.2) is 0 Å². The predicted octanol–water partition coefficient (Wildman–Crippen LogP) is 5.97. The molecule has 0 atom stereocenters. The molecular weight excluding hydrogens is 484 g/mol. The van der Waals surface area contributed by atoms with Gasteiger partial charge in [-0.1, -0.05) is 103 Å². The van der Waals surface area contributed by atoms with Gasteiger partial charge in [0.15, 0.2) is 0 Å². The zero-order valence-corrected chi connectivity index (χ0v) is 22.0. The Kier molecular flexibility index (Phi) is 6.67. The van der Waals surface area contributed by atoms with Crippen molar-refractivity contribution in [1.82, 2.24) is 10.4 Å². The largest absolute Gasteiger partial charge is 0.497 e. The predicted molar refractivity (Wildman–Crippen MR) is 153 cm³/mol. The summed E-state index contributed by atoms with van der Waals surface area (Å²) in [5.74, 6) is 0.888. The number of likely N-dealkylation sites (tertiary alicyclic amines) is 1. The van der Waals surface area contributed by atoms with Crippen molar-refractivity contribution in [3.63, 3.8) is 0 Å². The van der Waals surface area contributed by atoms with Crippen molar-refractivity contribution in [2.75, 3.05) is 20.2 Å². The average molecular weight is 517 g/mol. The first kappa shape index (κ1) is 25.0. The SMILES string of the molecule is COc1cccc(C2=CC3(CCN(C(=O)C(c4ccccc4)(c4ccccc4)c4ccccc4)CC3)ON2)c1. The van der Waals surface area contributed by atoms with Crippen molar-refractivity contribution in [2.24, 2.45) is 0 Å². The molecule has 2 aliphatic rings. The Hall–Kier alpha value is -4.35. The van der Waals surface area contributed by atoms with Crippen LogP contribution < -0.4 is 10.2 Å². The van der Waals surface area contributed by atoms with Gasteiger partial charge in [-0.3, -0.25) is 15.1 Å². The van der Waals surface area contributed by atoms with Crippen LogP contribution in [0.25, 0.3) is 5.70 Å². The van der Waals surface area contributed by atoms with Crippen molar-refractivity contribution >= 4 is 11.6 Å². The third kappa shape index (κ3) is 4.49. The fourth-order valence-corrected chi connectivity index (χ4v) is 5.92. The Bertz CT molecular complexity index is 1360. The molecule has 1 amide bonds. The first-order valence-electron chi connectivity index (χ1n) is 13.4. The number of piperidine rings is 1. The highest BCUT2D eigenvalue weighted by Crippen LogP contribution is 2.43. The monoisotopic (exact) mass is 516 g/mol. The van der Waals surface area contributed by atoms with E-state index in [1.165, 1.54) is 0 Å². The minimum absolute atomic E-state index is 0.0869. The van der Waals surface area contributed by atoms with Gasteiger partial charge < -0.3 is 9.64 Å². The fourth-order valence-electron chi connectivity index (χ4n) is 5.92. The van der Waals surface area contributed by atoms with Crippen LogP contribution in [0.3, 0.4) is 0 Å². The number of benzene rings is 4. The molecule has 4 aromatic carbocycles. The zero-order valence-electron chi connectivity index (χ0n) is 22.0. The number of amides is 1. The maximum Gasteiger partial charge on any atom is 0.242 e. The minimum atomic E-state index is -0.954. The fraction of sp³-hybridized carbons (Fsp3) is 0.206. The maximum absolute atomic E-state index is 14.8. The standard InChI is InChI=1S/C34H32N2O3/c1-38-30-19-11-12-26(24-30)31-25-33(39-35-31)20-22-36(23-21-33)32(37)34(27-13-5-2-6-14-27,28-15-7-3-8-16-28)29-17-9-4-10-18-29/h2-19,24-25,35H,20-23H2,1H3. The summed E-state index contributed by atoms with van der Waals surface area (Å²) >= 11 is 0. The lowest BCUT2D eigenvalue weighted by Gasteiger charge is -2.43. The summed E-state index contributed by atoms with van der Waals surface area (Å²) in [4.78, 5) is 23.0. The van der Waals surface area contributed by atoms with Gasteiger partial charge in [0, 0.05) is 31.5 Å². The maximum atomic E-state index is 14.8. The molecule has 0 bridgehead atoms. The molecule has 5 heteroatoms. The molecule has 5 nitrogen and oxygen atoms in total. The third-order valence-corrected chi connectivity index (χ3v) is 7.99. The summed E-state index contributed by atoms with van der Waals surface area (Å²) in [7, 11) is 1.67. The number of rotatable bonds is 6. The molecule has 1 saturated heterocycles. The summed E-state index contributed by atoms with van der Waals surface area (Å²) in [6.07, 6.45) is 3.57. The molecule has 0 radical (unpaired) electrons.